The summed E-state index contributed by atoms with van der Waals surface area (Å²) in [7, 11) is 3.39. The van der Waals surface area contributed by atoms with E-state index in [9.17, 15) is 9.59 Å². The number of nitrogens with zero attached hydrogens (tertiary/aromatic N) is 2. The van der Waals surface area contributed by atoms with Crippen LogP contribution in [-0.2, 0) is 10.2 Å². The van der Waals surface area contributed by atoms with Gasteiger partial charge in [0.25, 0.3) is 0 Å². The lowest BCUT2D eigenvalue weighted by atomic mass is 9.81. The van der Waals surface area contributed by atoms with Gasteiger partial charge in [0.05, 0.1) is 12.5 Å². The maximum atomic E-state index is 13.2. The van der Waals surface area contributed by atoms with Crippen molar-refractivity contribution in [1.29, 1.82) is 0 Å². The summed E-state index contributed by atoms with van der Waals surface area (Å²) in [4.78, 5) is 29.5. The Labute approximate surface area is 174 Å². The van der Waals surface area contributed by atoms with Crippen LogP contribution in [0, 0.1) is 0 Å². The summed E-state index contributed by atoms with van der Waals surface area (Å²) in [5, 5.41) is 2.91. The van der Waals surface area contributed by atoms with Gasteiger partial charge in [0.1, 0.15) is 19.0 Å². The minimum atomic E-state index is -0.733. The fourth-order valence-corrected chi connectivity index (χ4v) is 4.56. The number of carbonyl (C=O) groups is 2. The predicted molar refractivity (Wildman–Crippen MR) is 111 cm³/mol. The summed E-state index contributed by atoms with van der Waals surface area (Å²) in [6, 6.07) is 10.8. The molecule has 156 valence electrons. The highest BCUT2D eigenvalue weighted by Crippen LogP contribution is 2.48. The molecule has 1 atom stereocenters. The number of urea groups is 1. The van der Waals surface area contributed by atoms with E-state index in [1.165, 1.54) is 0 Å². The molecule has 0 aliphatic carbocycles. The highest BCUT2D eigenvalue weighted by atomic mass is 16.6. The molecule has 30 heavy (non-hydrogen) atoms. The van der Waals surface area contributed by atoms with Crippen LogP contribution in [0.5, 0.6) is 17.2 Å². The van der Waals surface area contributed by atoms with E-state index in [1.807, 2.05) is 18.2 Å². The van der Waals surface area contributed by atoms with E-state index < -0.39 is 5.41 Å². The molecule has 3 aliphatic rings. The van der Waals surface area contributed by atoms with Crippen LogP contribution >= 0.6 is 0 Å². The number of methoxy groups -OCH3 is 1. The second-order valence-electron chi connectivity index (χ2n) is 7.79. The standard InChI is InChI=1S/C22H23N3O5/c1-24-17-5-4-15(28-2)12-16(17)22(20(24)26)7-8-25(13-22)21(27)23-14-3-6-18-19(11-14)30-10-9-29-18/h3-6,11-12H,7-10,13H2,1-2H3,(H,23,27). The molecule has 3 amide bonds. The lowest BCUT2D eigenvalue weighted by Gasteiger charge is -2.24. The first kappa shape index (κ1) is 18.6. The van der Waals surface area contributed by atoms with Crippen molar-refractivity contribution in [3.05, 3.63) is 42.0 Å². The molecule has 5 rings (SSSR count). The van der Waals surface area contributed by atoms with Gasteiger partial charge in [0.2, 0.25) is 5.91 Å². The van der Waals surface area contributed by atoms with Crippen LogP contribution in [-0.4, -0.2) is 57.3 Å². The van der Waals surface area contributed by atoms with Crippen LogP contribution in [0.2, 0.25) is 0 Å². The summed E-state index contributed by atoms with van der Waals surface area (Å²) >= 11 is 0. The third kappa shape index (κ3) is 2.74. The molecule has 1 saturated heterocycles. The van der Waals surface area contributed by atoms with Crippen LogP contribution < -0.4 is 24.4 Å². The number of amides is 3. The second-order valence-corrected chi connectivity index (χ2v) is 7.79. The molecule has 1 spiro atoms. The minimum Gasteiger partial charge on any atom is -0.497 e. The zero-order valence-electron chi connectivity index (χ0n) is 16.9. The van der Waals surface area contributed by atoms with Crippen molar-refractivity contribution in [3.8, 4) is 17.2 Å². The maximum Gasteiger partial charge on any atom is 0.321 e. The number of anilines is 2. The average Bonchev–Trinajstić information content (AvgIpc) is 3.31. The molecule has 0 radical (unpaired) electrons. The van der Waals surface area contributed by atoms with Gasteiger partial charge < -0.3 is 29.3 Å². The molecule has 2 aromatic carbocycles. The van der Waals surface area contributed by atoms with E-state index in [-0.39, 0.29) is 11.9 Å². The SMILES string of the molecule is COc1ccc2c(c1)C1(CCN(C(=O)Nc3ccc4c(c3)OCCO4)C1)C(=O)N2C. The lowest BCUT2D eigenvalue weighted by molar-refractivity contribution is -0.122. The Balaban J connectivity index is 1.37. The predicted octanol–water partition coefficient (Wildman–Crippen LogP) is 2.62. The average molecular weight is 409 g/mol. The van der Waals surface area contributed by atoms with Gasteiger partial charge >= 0.3 is 6.03 Å². The van der Waals surface area contributed by atoms with E-state index in [0.717, 1.165) is 11.3 Å². The fourth-order valence-electron chi connectivity index (χ4n) is 4.56. The first-order valence-corrected chi connectivity index (χ1v) is 9.94. The summed E-state index contributed by atoms with van der Waals surface area (Å²) in [6.45, 7) is 1.82. The van der Waals surface area contributed by atoms with E-state index in [1.54, 1.807) is 42.2 Å². The van der Waals surface area contributed by atoms with Gasteiger partial charge in [-0.05, 0) is 42.3 Å². The van der Waals surface area contributed by atoms with Crippen molar-refractivity contribution < 1.29 is 23.8 Å². The van der Waals surface area contributed by atoms with Crippen molar-refractivity contribution in [1.82, 2.24) is 4.90 Å². The molecular formula is C22H23N3O5. The smallest absolute Gasteiger partial charge is 0.321 e. The molecule has 3 heterocycles. The number of hydrogen-bond donors (Lipinski definition) is 1. The zero-order valence-corrected chi connectivity index (χ0v) is 16.9. The van der Waals surface area contributed by atoms with Crippen LogP contribution in [0.1, 0.15) is 12.0 Å². The Kier molecular flexibility index (Phi) is 4.23. The molecule has 1 unspecified atom stereocenters. The summed E-state index contributed by atoms with van der Waals surface area (Å²) in [5.74, 6) is 2.01. The fraction of sp³-hybridized carbons (Fsp3) is 0.364. The molecule has 0 saturated carbocycles. The molecule has 1 fully saturated rings. The Morgan fingerprint density at radius 2 is 1.93 bits per heavy atom. The normalized spacial score (nSPS) is 21.7. The van der Waals surface area contributed by atoms with Gasteiger partial charge in [-0.3, -0.25) is 4.79 Å². The number of likely N-dealkylation sites (tertiary alicyclic amines) is 1. The third-order valence-corrected chi connectivity index (χ3v) is 6.14. The number of fused-ring (bicyclic) bond motifs is 3. The summed E-state index contributed by atoms with van der Waals surface area (Å²) in [6.07, 6.45) is 0.574. The van der Waals surface area contributed by atoms with Gasteiger partial charge in [0, 0.05) is 37.6 Å². The first-order chi connectivity index (χ1) is 14.5. The van der Waals surface area contributed by atoms with Crippen molar-refractivity contribution >= 4 is 23.3 Å². The molecule has 8 nitrogen and oxygen atoms in total. The summed E-state index contributed by atoms with van der Waals surface area (Å²) < 4.78 is 16.5. The van der Waals surface area contributed by atoms with E-state index in [4.69, 9.17) is 14.2 Å². The van der Waals surface area contributed by atoms with E-state index in [2.05, 4.69) is 5.32 Å². The number of nitrogens with one attached hydrogen (secondary N) is 1. The quantitative estimate of drug-likeness (QED) is 0.825. The van der Waals surface area contributed by atoms with E-state index >= 15 is 0 Å². The van der Waals surface area contributed by atoms with Gasteiger partial charge in [-0.1, -0.05) is 0 Å². The second kappa shape index (κ2) is 6.83. The topological polar surface area (TPSA) is 80.3 Å². The molecule has 0 aromatic heterocycles. The van der Waals surface area contributed by atoms with E-state index in [0.29, 0.717) is 55.7 Å². The number of ether oxygens (including phenoxy) is 3. The largest absolute Gasteiger partial charge is 0.497 e. The van der Waals surface area contributed by atoms with Crippen LogP contribution in [0.15, 0.2) is 36.4 Å². The Bertz CT molecular complexity index is 1040. The van der Waals surface area contributed by atoms with Crippen molar-refractivity contribution in [2.45, 2.75) is 11.8 Å². The molecule has 8 heteroatoms. The van der Waals surface area contributed by atoms with Crippen molar-refractivity contribution in [3.63, 3.8) is 0 Å². The Morgan fingerprint density at radius 3 is 2.73 bits per heavy atom. The van der Waals surface area contributed by atoms with Crippen LogP contribution in [0.3, 0.4) is 0 Å². The molecular weight excluding hydrogens is 386 g/mol. The molecule has 0 bridgehead atoms. The zero-order chi connectivity index (χ0) is 20.9. The lowest BCUT2D eigenvalue weighted by Crippen LogP contribution is -2.42. The minimum absolute atomic E-state index is 0.0142. The van der Waals surface area contributed by atoms with Crippen LogP contribution in [0.25, 0.3) is 0 Å². The van der Waals surface area contributed by atoms with Crippen molar-refractivity contribution in [2.24, 2.45) is 0 Å². The van der Waals surface area contributed by atoms with Crippen LogP contribution in [0.4, 0.5) is 16.2 Å². The third-order valence-electron chi connectivity index (χ3n) is 6.14. The van der Waals surface area contributed by atoms with Gasteiger partial charge in [-0.15, -0.1) is 0 Å². The molecule has 3 aliphatic heterocycles. The van der Waals surface area contributed by atoms with Gasteiger partial charge in [-0.25, -0.2) is 4.79 Å². The highest BCUT2D eigenvalue weighted by Gasteiger charge is 2.54. The van der Waals surface area contributed by atoms with Gasteiger partial charge in [0.15, 0.2) is 11.5 Å². The molecule has 2 aromatic rings. The van der Waals surface area contributed by atoms with Crippen molar-refractivity contribution in [2.75, 3.05) is 50.7 Å². The van der Waals surface area contributed by atoms with Gasteiger partial charge in [-0.2, -0.15) is 0 Å². The Hall–Kier alpha value is -3.42. The number of hydrogen-bond acceptors (Lipinski definition) is 5. The number of likely N-dealkylation sites (N-methyl/N-ethyl adjacent to an activating group) is 1. The first-order valence-electron chi connectivity index (χ1n) is 9.94. The maximum absolute atomic E-state index is 13.2. The monoisotopic (exact) mass is 409 g/mol. The number of carbonyl (C=O) groups excluding carboxylic acids is 2. The number of benzene rings is 2. The Morgan fingerprint density at radius 1 is 1.13 bits per heavy atom. The summed E-state index contributed by atoms with van der Waals surface area (Å²) in [5.41, 5.74) is 1.68. The molecule has 1 N–H and O–H groups in total. The number of rotatable bonds is 2. The highest BCUT2D eigenvalue weighted by molar-refractivity contribution is 6.09.